The topological polar surface area (TPSA) is 64.6 Å². The molecule has 0 spiro atoms. The summed E-state index contributed by atoms with van der Waals surface area (Å²) in [6, 6.07) is 4.41. The highest BCUT2D eigenvalue weighted by Crippen LogP contribution is 2.25. The molecular weight excluding hydrogens is 321 g/mol. The molecule has 1 atom stereocenters. The largest absolute Gasteiger partial charge is 0.387 e. The van der Waals surface area contributed by atoms with E-state index in [0.717, 1.165) is 13.1 Å². The number of urea groups is 1. The van der Waals surface area contributed by atoms with Crippen LogP contribution in [0.1, 0.15) is 31.4 Å². The van der Waals surface area contributed by atoms with E-state index in [9.17, 15) is 14.3 Å². The van der Waals surface area contributed by atoms with Crippen molar-refractivity contribution in [1.82, 2.24) is 15.5 Å². The third-order valence-corrected chi connectivity index (χ3v) is 4.24. The first-order chi connectivity index (χ1) is 11.0. The molecule has 1 saturated carbocycles. The first-order valence-electron chi connectivity index (χ1n) is 7.90. The summed E-state index contributed by atoms with van der Waals surface area (Å²) >= 11 is 5.59. The Morgan fingerprint density at radius 2 is 2.22 bits per heavy atom. The Morgan fingerprint density at radius 1 is 1.48 bits per heavy atom. The first kappa shape index (κ1) is 18.0. The van der Waals surface area contributed by atoms with Gasteiger partial charge in [0.15, 0.2) is 0 Å². The highest BCUT2D eigenvalue weighted by Gasteiger charge is 2.27. The molecule has 0 radical (unpaired) electrons. The van der Waals surface area contributed by atoms with Crippen LogP contribution in [0.25, 0.3) is 0 Å². The van der Waals surface area contributed by atoms with Crippen molar-refractivity contribution in [3.05, 3.63) is 34.6 Å². The molecule has 2 rings (SSSR count). The summed E-state index contributed by atoms with van der Waals surface area (Å²) in [7, 11) is 0. The molecule has 23 heavy (non-hydrogen) atoms. The molecule has 0 saturated heterocycles. The van der Waals surface area contributed by atoms with Gasteiger partial charge >= 0.3 is 6.03 Å². The van der Waals surface area contributed by atoms with Crippen LogP contribution in [0.5, 0.6) is 0 Å². The van der Waals surface area contributed by atoms with Crippen molar-refractivity contribution in [2.45, 2.75) is 31.9 Å². The summed E-state index contributed by atoms with van der Waals surface area (Å²) in [5, 5.41) is 15.3. The highest BCUT2D eigenvalue weighted by molar-refractivity contribution is 6.30. The van der Waals surface area contributed by atoms with E-state index < -0.39 is 11.9 Å². The third kappa shape index (κ3) is 5.64. The van der Waals surface area contributed by atoms with Crippen LogP contribution >= 0.6 is 11.6 Å². The molecule has 1 fully saturated rings. The van der Waals surface area contributed by atoms with Gasteiger partial charge in [-0.15, -0.1) is 0 Å². The number of nitrogens with one attached hydrogen (secondary N) is 2. The second-order valence-corrected chi connectivity index (χ2v) is 6.09. The highest BCUT2D eigenvalue weighted by atomic mass is 35.5. The molecule has 128 valence electrons. The number of rotatable bonds is 8. The average molecular weight is 344 g/mol. The van der Waals surface area contributed by atoms with E-state index in [0.29, 0.717) is 18.2 Å². The SMILES string of the molecule is CCN(CCNC(=O)NCC(O)c1ccc(Cl)c(F)c1)C1CC1. The maximum absolute atomic E-state index is 13.3. The van der Waals surface area contributed by atoms with Crippen molar-refractivity contribution in [2.24, 2.45) is 0 Å². The Morgan fingerprint density at radius 3 is 2.83 bits per heavy atom. The fourth-order valence-corrected chi connectivity index (χ4v) is 2.56. The van der Waals surface area contributed by atoms with E-state index in [1.165, 1.54) is 31.0 Å². The number of benzene rings is 1. The monoisotopic (exact) mass is 343 g/mol. The lowest BCUT2D eigenvalue weighted by atomic mass is 10.1. The van der Waals surface area contributed by atoms with Crippen LogP contribution in [-0.2, 0) is 0 Å². The number of halogens is 2. The third-order valence-electron chi connectivity index (χ3n) is 3.94. The van der Waals surface area contributed by atoms with Crippen molar-refractivity contribution in [3.8, 4) is 0 Å². The zero-order valence-electron chi connectivity index (χ0n) is 13.2. The predicted octanol–water partition coefficient (Wildman–Crippen LogP) is 2.30. The van der Waals surface area contributed by atoms with Gasteiger partial charge in [-0.3, -0.25) is 4.90 Å². The Labute approximate surface area is 140 Å². The van der Waals surface area contributed by atoms with E-state index in [-0.39, 0.29) is 17.6 Å². The van der Waals surface area contributed by atoms with Crippen LogP contribution in [0.2, 0.25) is 5.02 Å². The van der Waals surface area contributed by atoms with Crippen LogP contribution in [0.3, 0.4) is 0 Å². The molecule has 2 amide bonds. The summed E-state index contributed by atoms with van der Waals surface area (Å²) in [6.45, 7) is 4.48. The van der Waals surface area contributed by atoms with Gasteiger partial charge in [0.05, 0.1) is 11.1 Å². The van der Waals surface area contributed by atoms with E-state index in [2.05, 4.69) is 22.5 Å². The van der Waals surface area contributed by atoms with Gasteiger partial charge in [-0.1, -0.05) is 24.6 Å². The molecule has 1 aliphatic rings. The van der Waals surface area contributed by atoms with Gasteiger partial charge in [0.2, 0.25) is 0 Å². The van der Waals surface area contributed by atoms with Crippen molar-refractivity contribution in [2.75, 3.05) is 26.2 Å². The maximum Gasteiger partial charge on any atom is 0.314 e. The number of carbonyl (C=O) groups is 1. The van der Waals surface area contributed by atoms with Crippen LogP contribution in [0, 0.1) is 5.82 Å². The van der Waals surface area contributed by atoms with Gasteiger partial charge in [-0.05, 0) is 37.1 Å². The van der Waals surface area contributed by atoms with E-state index >= 15 is 0 Å². The molecule has 1 aromatic rings. The Kier molecular flexibility index (Phi) is 6.62. The van der Waals surface area contributed by atoms with Crippen molar-refractivity contribution in [1.29, 1.82) is 0 Å². The molecule has 0 aliphatic heterocycles. The number of aliphatic hydroxyl groups excluding tert-OH is 1. The summed E-state index contributed by atoms with van der Waals surface area (Å²) in [5.41, 5.74) is 0.373. The van der Waals surface area contributed by atoms with Crippen LogP contribution < -0.4 is 10.6 Å². The lowest BCUT2D eigenvalue weighted by Gasteiger charge is -2.20. The molecule has 3 N–H and O–H groups in total. The average Bonchev–Trinajstić information content (AvgIpc) is 3.36. The molecule has 1 unspecified atom stereocenters. The Hall–Kier alpha value is -1.37. The summed E-state index contributed by atoms with van der Waals surface area (Å²) < 4.78 is 13.3. The molecular formula is C16H23ClFN3O2. The second-order valence-electron chi connectivity index (χ2n) is 5.69. The number of hydrogen-bond acceptors (Lipinski definition) is 3. The second kappa shape index (κ2) is 8.47. The summed E-state index contributed by atoms with van der Waals surface area (Å²) in [5.74, 6) is -0.590. The van der Waals surface area contributed by atoms with E-state index in [1.54, 1.807) is 0 Å². The number of amides is 2. The minimum atomic E-state index is -0.980. The zero-order chi connectivity index (χ0) is 16.8. The molecule has 1 aliphatic carbocycles. The smallest absolute Gasteiger partial charge is 0.314 e. The maximum atomic E-state index is 13.3. The number of nitrogens with zero attached hydrogens (tertiary/aromatic N) is 1. The Balaban J connectivity index is 1.67. The standard InChI is InChI=1S/C16H23ClFN3O2/c1-2-21(12-4-5-12)8-7-19-16(23)20-10-15(22)11-3-6-13(17)14(18)9-11/h3,6,9,12,15,22H,2,4-5,7-8,10H2,1H3,(H2,19,20,23). The van der Waals surface area contributed by atoms with Gasteiger partial charge in [0.1, 0.15) is 5.82 Å². The Bertz CT molecular complexity index is 540. The van der Waals surface area contributed by atoms with Gasteiger partial charge in [0.25, 0.3) is 0 Å². The molecule has 1 aromatic carbocycles. The minimum Gasteiger partial charge on any atom is -0.387 e. The normalized spacial score (nSPS) is 15.5. The van der Waals surface area contributed by atoms with Gasteiger partial charge in [-0.25, -0.2) is 9.18 Å². The minimum absolute atomic E-state index is 0.00259. The lowest BCUT2D eigenvalue weighted by molar-refractivity contribution is 0.172. The van der Waals surface area contributed by atoms with Crippen molar-refractivity contribution < 1.29 is 14.3 Å². The van der Waals surface area contributed by atoms with Gasteiger partial charge < -0.3 is 15.7 Å². The number of likely N-dealkylation sites (N-methyl/N-ethyl adjacent to an activating group) is 1. The predicted molar refractivity (Wildman–Crippen MR) is 88.0 cm³/mol. The number of hydrogen-bond donors (Lipinski definition) is 3. The molecule has 0 aromatic heterocycles. The van der Waals surface area contributed by atoms with E-state index in [1.807, 2.05) is 0 Å². The van der Waals surface area contributed by atoms with E-state index in [4.69, 9.17) is 11.6 Å². The quantitative estimate of drug-likeness (QED) is 0.678. The number of aliphatic hydroxyl groups is 1. The van der Waals surface area contributed by atoms with Gasteiger partial charge in [0, 0.05) is 25.7 Å². The summed E-state index contributed by atoms with van der Waals surface area (Å²) in [6.07, 6.45) is 1.50. The summed E-state index contributed by atoms with van der Waals surface area (Å²) in [4.78, 5) is 14.0. The first-order valence-corrected chi connectivity index (χ1v) is 8.27. The number of carbonyl (C=O) groups excluding carboxylic acids is 1. The fourth-order valence-electron chi connectivity index (χ4n) is 2.44. The molecule has 0 heterocycles. The van der Waals surface area contributed by atoms with Crippen LogP contribution in [0.4, 0.5) is 9.18 Å². The molecule has 5 nitrogen and oxygen atoms in total. The van der Waals surface area contributed by atoms with Crippen LogP contribution in [-0.4, -0.2) is 48.3 Å². The lowest BCUT2D eigenvalue weighted by Crippen LogP contribution is -2.42. The van der Waals surface area contributed by atoms with Crippen molar-refractivity contribution in [3.63, 3.8) is 0 Å². The van der Waals surface area contributed by atoms with Gasteiger partial charge in [-0.2, -0.15) is 0 Å². The fraction of sp³-hybridized carbons (Fsp3) is 0.562. The molecule has 0 bridgehead atoms. The van der Waals surface area contributed by atoms with Crippen molar-refractivity contribution >= 4 is 17.6 Å². The zero-order valence-corrected chi connectivity index (χ0v) is 13.9. The molecule has 7 heteroatoms. The van der Waals surface area contributed by atoms with Crippen LogP contribution in [0.15, 0.2) is 18.2 Å².